The zero-order chi connectivity index (χ0) is 12.0. The average Bonchev–Trinajstić information content (AvgIpc) is 2.31. The minimum atomic E-state index is 0.231. The Morgan fingerprint density at radius 1 is 1.56 bits per heavy atom. The van der Waals surface area contributed by atoms with Gasteiger partial charge >= 0.3 is 0 Å². The summed E-state index contributed by atoms with van der Waals surface area (Å²) in [5.41, 5.74) is 12.0. The van der Waals surface area contributed by atoms with Crippen LogP contribution in [0.1, 0.15) is 5.56 Å². The molecule has 0 aliphatic carbocycles. The van der Waals surface area contributed by atoms with Gasteiger partial charge in [-0.05, 0) is 12.1 Å². The molecule has 0 saturated carbocycles. The first-order chi connectivity index (χ1) is 7.71. The van der Waals surface area contributed by atoms with E-state index in [0.717, 1.165) is 0 Å². The third kappa shape index (κ3) is 2.69. The van der Waals surface area contributed by atoms with Crippen LogP contribution < -0.4 is 11.5 Å². The maximum Gasteiger partial charge on any atom is 0.154 e. The van der Waals surface area contributed by atoms with E-state index in [1.807, 2.05) is 6.07 Å². The average molecular weight is 213 g/mol. The van der Waals surface area contributed by atoms with Gasteiger partial charge in [0.25, 0.3) is 0 Å². The van der Waals surface area contributed by atoms with E-state index in [-0.39, 0.29) is 5.84 Å². The van der Waals surface area contributed by atoms with E-state index in [4.69, 9.17) is 16.7 Å². The fraction of sp³-hybridized carbons (Fsp3) is 0. The molecule has 0 bridgehead atoms. The SMILES string of the molecule is C=CC(=CN)C(N)=Nc1ccc(C#N)cn1. The molecule has 80 valence electrons. The third-order valence-corrected chi connectivity index (χ3v) is 1.81. The number of aliphatic imine (C=N–C) groups is 1. The minimum absolute atomic E-state index is 0.231. The van der Waals surface area contributed by atoms with E-state index in [1.54, 1.807) is 12.1 Å². The van der Waals surface area contributed by atoms with Crippen LogP contribution in [0.4, 0.5) is 5.82 Å². The summed E-state index contributed by atoms with van der Waals surface area (Å²) >= 11 is 0. The van der Waals surface area contributed by atoms with E-state index < -0.39 is 0 Å². The highest BCUT2D eigenvalue weighted by molar-refractivity contribution is 6.00. The molecular formula is C11H11N5. The number of rotatable bonds is 3. The molecule has 0 amide bonds. The molecular weight excluding hydrogens is 202 g/mol. The van der Waals surface area contributed by atoms with E-state index >= 15 is 0 Å². The number of nitrogens with two attached hydrogens (primary N) is 2. The van der Waals surface area contributed by atoms with Crippen LogP contribution in [0.3, 0.4) is 0 Å². The largest absolute Gasteiger partial charge is 0.404 e. The second-order valence-corrected chi connectivity index (χ2v) is 2.84. The predicted molar refractivity (Wildman–Crippen MR) is 62.7 cm³/mol. The Morgan fingerprint density at radius 3 is 2.75 bits per heavy atom. The summed E-state index contributed by atoms with van der Waals surface area (Å²) in [6.07, 6.45) is 4.24. The number of hydrogen-bond donors (Lipinski definition) is 2. The second kappa shape index (κ2) is 5.32. The maximum atomic E-state index is 8.59. The molecule has 0 aromatic carbocycles. The van der Waals surface area contributed by atoms with Gasteiger partial charge in [0.15, 0.2) is 5.82 Å². The normalized spacial score (nSPS) is 11.9. The smallest absolute Gasteiger partial charge is 0.154 e. The van der Waals surface area contributed by atoms with Gasteiger partial charge in [-0.25, -0.2) is 9.98 Å². The molecule has 0 spiro atoms. The standard InChI is InChI=1S/C11H11N5/c1-2-9(6-13)11(14)16-10-4-3-8(5-12)7-15-10/h2-4,6-7H,1,13H2,(H2,14,15,16). The summed E-state index contributed by atoms with van der Waals surface area (Å²) in [6.45, 7) is 3.55. The molecule has 1 aromatic rings. The van der Waals surface area contributed by atoms with Crippen LogP contribution in [0.2, 0.25) is 0 Å². The fourth-order valence-corrected chi connectivity index (χ4v) is 0.964. The van der Waals surface area contributed by atoms with E-state index in [1.165, 1.54) is 18.5 Å². The lowest BCUT2D eigenvalue weighted by atomic mass is 10.2. The molecule has 16 heavy (non-hydrogen) atoms. The van der Waals surface area contributed by atoms with Crippen LogP contribution in [0, 0.1) is 11.3 Å². The van der Waals surface area contributed by atoms with Crippen molar-refractivity contribution in [2.75, 3.05) is 0 Å². The van der Waals surface area contributed by atoms with Crippen LogP contribution in [0.5, 0.6) is 0 Å². The van der Waals surface area contributed by atoms with E-state index in [9.17, 15) is 0 Å². The Balaban J connectivity index is 2.99. The van der Waals surface area contributed by atoms with Crippen LogP contribution in [0.25, 0.3) is 0 Å². The monoisotopic (exact) mass is 213 g/mol. The highest BCUT2D eigenvalue weighted by Gasteiger charge is 1.99. The number of amidine groups is 1. The Kier molecular flexibility index (Phi) is 3.81. The molecule has 0 atom stereocenters. The zero-order valence-corrected chi connectivity index (χ0v) is 8.59. The highest BCUT2D eigenvalue weighted by atomic mass is 15.0. The van der Waals surface area contributed by atoms with Gasteiger partial charge in [0.05, 0.1) is 5.56 Å². The molecule has 5 nitrogen and oxygen atoms in total. The summed E-state index contributed by atoms with van der Waals surface area (Å²) in [6, 6.07) is 5.17. The van der Waals surface area contributed by atoms with Crippen LogP contribution in [-0.2, 0) is 0 Å². The first kappa shape index (κ1) is 11.5. The van der Waals surface area contributed by atoms with Gasteiger partial charge in [0.2, 0.25) is 0 Å². The lowest BCUT2D eigenvalue weighted by Gasteiger charge is -1.99. The Hall–Kier alpha value is -2.61. The molecule has 1 heterocycles. The summed E-state index contributed by atoms with van der Waals surface area (Å²) in [7, 11) is 0. The lowest BCUT2D eigenvalue weighted by Crippen LogP contribution is -2.14. The van der Waals surface area contributed by atoms with Gasteiger partial charge in [-0.15, -0.1) is 0 Å². The summed E-state index contributed by atoms with van der Waals surface area (Å²) in [4.78, 5) is 7.98. The Labute approximate surface area is 93.4 Å². The van der Waals surface area contributed by atoms with Gasteiger partial charge in [-0.3, -0.25) is 0 Å². The number of nitriles is 1. The van der Waals surface area contributed by atoms with Crippen LogP contribution in [-0.4, -0.2) is 10.8 Å². The number of nitrogens with zero attached hydrogens (tertiary/aromatic N) is 3. The van der Waals surface area contributed by atoms with Gasteiger partial charge in [0, 0.05) is 18.0 Å². The second-order valence-electron chi connectivity index (χ2n) is 2.84. The highest BCUT2D eigenvalue weighted by Crippen LogP contribution is 2.09. The predicted octanol–water partition coefficient (Wildman–Crippen LogP) is 0.971. The van der Waals surface area contributed by atoms with Crippen molar-refractivity contribution in [3.05, 3.63) is 48.3 Å². The van der Waals surface area contributed by atoms with Gasteiger partial charge in [0.1, 0.15) is 11.9 Å². The Morgan fingerprint density at radius 2 is 2.31 bits per heavy atom. The molecule has 1 rings (SSSR count). The van der Waals surface area contributed by atoms with E-state index in [0.29, 0.717) is 17.0 Å². The van der Waals surface area contributed by atoms with Gasteiger partial charge < -0.3 is 11.5 Å². The lowest BCUT2D eigenvalue weighted by molar-refractivity contribution is 1.25. The van der Waals surface area contributed by atoms with Crippen molar-refractivity contribution in [1.82, 2.24) is 4.98 Å². The molecule has 0 saturated heterocycles. The van der Waals surface area contributed by atoms with Crippen LogP contribution >= 0.6 is 0 Å². The molecule has 0 radical (unpaired) electrons. The topological polar surface area (TPSA) is 101 Å². The zero-order valence-electron chi connectivity index (χ0n) is 8.59. The van der Waals surface area contributed by atoms with Crippen molar-refractivity contribution in [2.45, 2.75) is 0 Å². The summed E-state index contributed by atoms with van der Waals surface area (Å²) in [5.74, 6) is 0.646. The van der Waals surface area contributed by atoms with Crippen molar-refractivity contribution >= 4 is 11.7 Å². The van der Waals surface area contributed by atoms with Crippen molar-refractivity contribution < 1.29 is 0 Å². The van der Waals surface area contributed by atoms with Crippen LogP contribution in [0.15, 0.2) is 47.7 Å². The van der Waals surface area contributed by atoms with Gasteiger partial charge in [-0.2, -0.15) is 5.26 Å². The molecule has 0 aliphatic rings. The number of hydrogen-bond acceptors (Lipinski definition) is 4. The quantitative estimate of drug-likeness (QED) is 0.443. The van der Waals surface area contributed by atoms with Crippen molar-refractivity contribution in [2.24, 2.45) is 16.5 Å². The number of pyridine rings is 1. The first-order valence-electron chi connectivity index (χ1n) is 4.46. The van der Waals surface area contributed by atoms with Crippen molar-refractivity contribution in [3.63, 3.8) is 0 Å². The fourth-order valence-electron chi connectivity index (χ4n) is 0.964. The molecule has 0 fully saturated rings. The molecule has 0 aliphatic heterocycles. The minimum Gasteiger partial charge on any atom is -0.404 e. The van der Waals surface area contributed by atoms with Crippen molar-refractivity contribution in [3.8, 4) is 6.07 Å². The Bertz CT molecular complexity index is 476. The molecule has 1 aromatic heterocycles. The van der Waals surface area contributed by atoms with E-state index in [2.05, 4.69) is 16.6 Å². The summed E-state index contributed by atoms with van der Waals surface area (Å²) in [5, 5.41) is 8.59. The molecule has 5 heteroatoms. The first-order valence-corrected chi connectivity index (χ1v) is 4.46. The molecule has 0 unspecified atom stereocenters. The number of aromatic nitrogens is 1. The summed E-state index contributed by atoms with van der Waals surface area (Å²) < 4.78 is 0. The maximum absolute atomic E-state index is 8.59. The molecule has 4 N–H and O–H groups in total. The van der Waals surface area contributed by atoms with Crippen molar-refractivity contribution in [1.29, 1.82) is 5.26 Å². The van der Waals surface area contributed by atoms with Gasteiger partial charge in [-0.1, -0.05) is 12.7 Å². The third-order valence-electron chi connectivity index (χ3n) is 1.81.